The van der Waals surface area contributed by atoms with Crippen LogP contribution in [0.2, 0.25) is 5.02 Å². The zero-order valence-electron chi connectivity index (χ0n) is 10.7. The molecule has 0 aliphatic carbocycles. The van der Waals surface area contributed by atoms with Gasteiger partial charge >= 0.3 is 5.97 Å². The Morgan fingerprint density at radius 3 is 2.81 bits per heavy atom. The third-order valence-corrected chi connectivity index (χ3v) is 4.10. The molecule has 0 spiro atoms. The van der Waals surface area contributed by atoms with Crippen molar-refractivity contribution in [1.29, 1.82) is 0 Å². The Balaban J connectivity index is 1.91. The summed E-state index contributed by atoms with van der Waals surface area (Å²) < 4.78 is 5.65. The molecule has 0 bridgehead atoms. The molecule has 106 valence electrons. The zero-order valence-corrected chi connectivity index (χ0v) is 12.3. The summed E-state index contributed by atoms with van der Waals surface area (Å²) in [5.74, 6) is -0.157. The molecular weight excluding hydrogens is 310 g/mol. The van der Waals surface area contributed by atoms with E-state index in [9.17, 15) is 9.90 Å². The molecule has 2 heterocycles. The van der Waals surface area contributed by atoms with E-state index < -0.39 is 5.97 Å². The van der Waals surface area contributed by atoms with Crippen molar-refractivity contribution in [3.05, 3.63) is 58.9 Å². The Kier molecular flexibility index (Phi) is 3.86. The predicted molar refractivity (Wildman–Crippen MR) is 82.0 cm³/mol. The Morgan fingerprint density at radius 1 is 1.29 bits per heavy atom. The Morgan fingerprint density at radius 2 is 2.10 bits per heavy atom. The van der Waals surface area contributed by atoms with Gasteiger partial charge in [0, 0.05) is 11.6 Å². The zero-order chi connectivity index (χ0) is 14.8. The number of para-hydroxylation sites is 1. The van der Waals surface area contributed by atoms with E-state index in [-0.39, 0.29) is 5.56 Å². The topological polar surface area (TPSA) is 63.3 Å². The highest BCUT2D eigenvalue weighted by molar-refractivity contribution is 7.98. The van der Waals surface area contributed by atoms with E-state index in [0.29, 0.717) is 27.5 Å². The number of thioether (sulfide) groups is 1. The first-order valence-electron chi connectivity index (χ1n) is 6.13. The SMILES string of the molecule is O=C(O)c1c(CSc2ccc(Cl)cn2)oc2ccccc12. The van der Waals surface area contributed by atoms with Crippen LogP contribution in [0.25, 0.3) is 11.0 Å². The first-order chi connectivity index (χ1) is 10.1. The second-order valence-corrected chi connectivity index (χ2v) is 5.74. The van der Waals surface area contributed by atoms with Crippen LogP contribution in [0.5, 0.6) is 0 Å². The monoisotopic (exact) mass is 319 g/mol. The van der Waals surface area contributed by atoms with Crippen LogP contribution in [0.3, 0.4) is 0 Å². The molecule has 3 rings (SSSR count). The highest BCUT2D eigenvalue weighted by Crippen LogP contribution is 2.30. The first-order valence-corrected chi connectivity index (χ1v) is 7.49. The Hall–Kier alpha value is -1.98. The summed E-state index contributed by atoms with van der Waals surface area (Å²) in [6.45, 7) is 0. The maximum absolute atomic E-state index is 11.5. The van der Waals surface area contributed by atoms with Gasteiger partial charge in [0.1, 0.15) is 16.9 Å². The van der Waals surface area contributed by atoms with Crippen molar-refractivity contribution in [2.24, 2.45) is 0 Å². The van der Waals surface area contributed by atoms with E-state index in [0.717, 1.165) is 5.03 Å². The molecule has 0 saturated carbocycles. The lowest BCUT2D eigenvalue weighted by Crippen LogP contribution is -1.98. The van der Waals surface area contributed by atoms with Crippen LogP contribution in [-0.4, -0.2) is 16.1 Å². The number of carbonyl (C=O) groups is 1. The third kappa shape index (κ3) is 2.89. The largest absolute Gasteiger partial charge is 0.478 e. The quantitative estimate of drug-likeness (QED) is 0.719. The van der Waals surface area contributed by atoms with E-state index in [1.807, 2.05) is 6.07 Å². The summed E-state index contributed by atoms with van der Waals surface area (Å²) in [5, 5.41) is 11.3. The summed E-state index contributed by atoms with van der Waals surface area (Å²) in [5.41, 5.74) is 0.793. The lowest BCUT2D eigenvalue weighted by molar-refractivity contribution is 0.0697. The number of carboxylic acid groups (broad SMARTS) is 1. The number of fused-ring (bicyclic) bond motifs is 1. The lowest BCUT2D eigenvalue weighted by atomic mass is 10.1. The van der Waals surface area contributed by atoms with Gasteiger partial charge in [0.15, 0.2) is 0 Å². The van der Waals surface area contributed by atoms with E-state index in [4.69, 9.17) is 16.0 Å². The van der Waals surface area contributed by atoms with Crippen molar-refractivity contribution < 1.29 is 14.3 Å². The van der Waals surface area contributed by atoms with Gasteiger partial charge in [0.05, 0.1) is 15.8 Å². The minimum Gasteiger partial charge on any atom is -0.478 e. The standard InChI is InChI=1S/C15H10ClNO3S/c16-9-5-6-13(17-7-9)21-8-12-14(15(18)19)10-3-1-2-4-11(10)20-12/h1-7H,8H2,(H,18,19). The molecule has 0 unspecified atom stereocenters. The van der Waals surface area contributed by atoms with E-state index in [1.165, 1.54) is 11.8 Å². The third-order valence-electron chi connectivity index (χ3n) is 2.93. The summed E-state index contributed by atoms with van der Waals surface area (Å²) in [7, 11) is 0. The van der Waals surface area contributed by atoms with Gasteiger partial charge in [-0.2, -0.15) is 0 Å². The number of furan rings is 1. The van der Waals surface area contributed by atoms with Crippen molar-refractivity contribution in [3.8, 4) is 0 Å². The molecular formula is C15H10ClNO3S. The molecule has 2 aromatic heterocycles. The molecule has 4 nitrogen and oxygen atoms in total. The predicted octanol–water partition coefficient (Wildman–Crippen LogP) is 4.47. The fraction of sp³-hybridized carbons (Fsp3) is 0.0667. The Labute approximate surface area is 129 Å². The highest BCUT2D eigenvalue weighted by atomic mass is 35.5. The molecule has 0 aliphatic heterocycles. The normalized spacial score (nSPS) is 10.9. The smallest absolute Gasteiger partial charge is 0.339 e. The minimum absolute atomic E-state index is 0.215. The van der Waals surface area contributed by atoms with Crippen LogP contribution in [0, 0.1) is 0 Å². The number of benzene rings is 1. The van der Waals surface area contributed by atoms with Crippen LogP contribution in [0.1, 0.15) is 16.1 Å². The molecule has 0 saturated heterocycles. The number of carboxylic acids is 1. The molecule has 0 radical (unpaired) electrons. The van der Waals surface area contributed by atoms with Crippen molar-refractivity contribution >= 4 is 40.3 Å². The number of rotatable bonds is 4. The summed E-state index contributed by atoms with van der Waals surface area (Å²) in [6, 6.07) is 10.6. The van der Waals surface area contributed by atoms with Crippen LogP contribution in [0.15, 0.2) is 52.0 Å². The molecule has 0 amide bonds. The molecule has 1 N–H and O–H groups in total. The molecule has 0 atom stereocenters. The fourth-order valence-corrected chi connectivity index (χ4v) is 2.90. The van der Waals surface area contributed by atoms with Crippen molar-refractivity contribution in [2.45, 2.75) is 10.8 Å². The summed E-state index contributed by atoms with van der Waals surface area (Å²) >= 11 is 7.18. The minimum atomic E-state index is -0.986. The summed E-state index contributed by atoms with van der Waals surface area (Å²) in [4.78, 5) is 15.6. The molecule has 1 aromatic carbocycles. The number of halogens is 1. The highest BCUT2D eigenvalue weighted by Gasteiger charge is 2.19. The molecule has 21 heavy (non-hydrogen) atoms. The van der Waals surface area contributed by atoms with E-state index >= 15 is 0 Å². The number of hydrogen-bond acceptors (Lipinski definition) is 4. The van der Waals surface area contributed by atoms with Crippen molar-refractivity contribution in [1.82, 2.24) is 4.98 Å². The second kappa shape index (κ2) is 5.79. The number of aromatic carboxylic acids is 1. The van der Waals surface area contributed by atoms with Crippen molar-refractivity contribution in [3.63, 3.8) is 0 Å². The van der Waals surface area contributed by atoms with Gasteiger partial charge in [-0.3, -0.25) is 0 Å². The first kappa shape index (κ1) is 14.0. The molecule has 3 aromatic rings. The second-order valence-electron chi connectivity index (χ2n) is 4.30. The van der Waals surface area contributed by atoms with Gasteiger partial charge in [0.2, 0.25) is 0 Å². The average Bonchev–Trinajstić information content (AvgIpc) is 2.85. The number of nitrogens with zero attached hydrogens (tertiary/aromatic N) is 1. The summed E-state index contributed by atoms with van der Waals surface area (Å²) in [6.07, 6.45) is 1.56. The molecule has 0 fully saturated rings. The van der Waals surface area contributed by atoms with Crippen LogP contribution < -0.4 is 0 Å². The molecule has 0 aliphatic rings. The van der Waals surface area contributed by atoms with Crippen LogP contribution in [-0.2, 0) is 5.75 Å². The lowest BCUT2D eigenvalue weighted by Gasteiger charge is -2.00. The van der Waals surface area contributed by atoms with E-state index in [1.54, 1.807) is 36.5 Å². The van der Waals surface area contributed by atoms with Crippen LogP contribution >= 0.6 is 23.4 Å². The fourth-order valence-electron chi connectivity index (χ4n) is 2.02. The molecule has 6 heteroatoms. The number of aromatic nitrogens is 1. The van der Waals surface area contributed by atoms with Gasteiger partial charge in [-0.15, -0.1) is 0 Å². The number of pyridine rings is 1. The van der Waals surface area contributed by atoms with Gasteiger partial charge in [-0.05, 0) is 18.2 Å². The van der Waals surface area contributed by atoms with Crippen molar-refractivity contribution in [2.75, 3.05) is 0 Å². The van der Waals surface area contributed by atoms with Gasteiger partial charge in [-0.25, -0.2) is 9.78 Å². The maximum Gasteiger partial charge on any atom is 0.339 e. The Bertz CT molecular complexity index is 798. The van der Waals surface area contributed by atoms with E-state index in [2.05, 4.69) is 4.98 Å². The number of hydrogen-bond donors (Lipinski definition) is 1. The van der Waals surface area contributed by atoms with Gasteiger partial charge in [0.25, 0.3) is 0 Å². The maximum atomic E-state index is 11.5. The van der Waals surface area contributed by atoms with Gasteiger partial charge in [-0.1, -0.05) is 41.6 Å². The van der Waals surface area contributed by atoms with Crippen LogP contribution in [0.4, 0.5) is 0 Å². The average molecular weight is 320 g/mol. The van der Waals surface area contributed by atoms with Gasteiger partial charge < -0.3 is 9.52 Å².